The normalized spacial score (nSPS) is 12.1. The first-order valence-electron chi connectivity index (χ1n) is 10.8. The summed E-state index contributed by atoms with van der Waals surface area (Å²) in [4.78, 5) is 21.7. The molecule has 0 unspecified atom stereocenters. The number of aromatic nitrogens is 4. The van der Waals surface area contributed by atoms with Gasteiger partial charge in [-0.1, -0.05) is 13.8 Å². The molecule has 8 nitrogen and oxygen atoms in total. The predicted molar refractivity (Wildman–Crippen MR) is 126 cm³/mol. The highest BCUT2D eigenvalue weighted by Crippen LogP contribution is 2.31. The molecule has 0 atom stereocenters. The van der Waals surface area contributed by atoms with Gasteiger partial charge >= 0.3 is 0 Å². The lowest BCUT2D eigenvalue weighted by Gasteiger charge is -2.33. The Labute approximate surface area is 196 Å². The van der Waals surface area contributed by atoms with Crippen molar-refractivity contribution in [3.05, 3.63) is 78.1 Å². The van der Waals surface area contributed by atoms with Gasteiger partial charge < -0.3 is 5.32 Å². The van der Waals surface area contributed by atoms with Crippen LogP contribution in [0.2, 0.25) is 0 Å². The molecule has 4 aromatic rings. The molecule has 0 aliphatic carbocycles. The molecule has 3 heterocycles. The molecule has 0 fully saturated rings. The number of hydrogen-bond acceptors (Lipinski definition) is 6. The highest BCUT2D eigenvalue weighted by atomic mass is 32.2. The molecule has 1 aromatic carbocycles. The third kappa shape index (κ3) is 4.28. The molecular formula is C24H24FN5O3S. The highest BCUT2D eigenvalue weighted by Gasteiger charge is 2.32. The number of amides is 1. The summed E-state index contributed by atoms with van der Waals surface area (Å²) in [6.45, 7) is 3.85. The zero-order valence-corrected chi connectivity index (χ0v) is 19.8. The Kier molecular flexibility index (Phi) is 6.18. The zero-order chi connectivity index (χ0) is 24.5. The van der Waals surface area contributed by atoms with Crippen LogP contribution in [0, 0.1) is 5.82 Å². The largest absolute Gasteiger partial charge is 0.342 e. The SMILES string of the molecule is CCC(CC)(NC(=O)c1cncc2c1cnn2-c1ccc(F)cc1)c1ccnc(S(C)(=O)=O)c1. The molecule has 0 bridgehead atoms. The number of rotatable bonds is 7. The maximum absolute atomic E-state index is 13.5. The standard InChI is InChI=1S/C24H24FN5O3S/c1-4-24(5-2,16-10-11-27-22(12-16)34(3,32)33)29-23(31)20-13-26-15-21-19(20)14-28-30(21)18-8-6-17(25)7-9-18/h6-15H,4-5H2,1-3H3,(H,29,31). The Morgan fingerprint density at radius 1 is 1.09 bits per heavy atom. The van der Waals surface area contributed by atoms with Gasteiger partial charge in [-0.05, 0) is 54.8 Å². The monoisotopic (exact) mass is 481 g/mol. The molecule has 10 heteroatoms. The van der Waals surface area contributed by atoms with Crippen molar-refractivity contribution in [1.29, 1.82) is 0 Å². The zero-order valence-electron chi connectivity index (χ0n) is 19.0. The number of fused-ring (bicyclic) bond motifs is 1. The minimum Gasteiger partial charge on any atom is -0.342 e. The summed E-state index contributed by atoms with van der Waals surface area (Å²) in [7, 11) is -3.51. The quantitative estimate of drug-likeness (QED) is 0.430. The molecule has 0 radical (unpaired) electrons. The first-order valence-corrected chi connectivity index (χ1v) is 12.6. The maximum atomic E-state index is 13.5. The van der Waals surface area contributed by atoms with E-state index in [0.717, 1.165) is 6.26 Å². The smallest absolute Gasteiger partial charge is 0.254 e. The van der Waals surface area contributed by atoms with Gasteiger partial charge in [-0.15, -0.1) is 0 Å². The van der Waals surface area contributed by atoms with Crippen LogP contribution in [-0.2, 0) is 15.4 Å². The molecule has 1 N–H and O–H groups in total. The van der Waals surface area contributed by atoms with Crippen LogP contribution in [0.1, 0.15) is 42.6 Å². The number of halogens is 1. The fraction of sp³-hybridized carbons (Fsp3) is 0.250. The second-order valence-corrected chi connectivity index (χ2v) is 10.0. The highest BCUT2D eigenvalue weighted by molar-refractivity contribution is 7.90. The van der Waals surface area contributed by atoms with Crippen LogP contribution in [-0.4, -0.2) is 40.3 Å². The fourth-order valence-corrected chi connectivity index (χ4v) is 4.61. The van der Waals surface area contributed by atoms with E-state index in [0.29, 0.717) is 40.6 Å². The molecule has 0 saturated heterocycles. The molecule has 0 saturated carbocycles. The number of nitrogens with one attached hydrogen (secondary N) is 1. The number of carbonyl (C=O) groups is 1. The summed E-state index contributed by atoms with van der Waals surface area (Å²) in [6.07, 6.45) is 8.23. The number of hydrogen-bond donors (Lipinski definition) is 1. The van der Waals surface area contributed by atoms with Gasteiger partial charge in [0.1, 0.15) is 5.82 Å². The van der Waals surface area contributed by atoms with Gasteiger partial charge in [0.25, 0.3) is 5.91 Å². The van der Waals surface area contributed by atoms with E-state index >= 15 is 0 Å². The second kappa shape index (κ2) is 8.94. The number of benzene rings is 1. The van der Waals surface area contributed by atoms with Crippen LogP contribution < -0.4 is 5.32 Å². The predicted octanol–water partition coefficient (Wildman–Crippen LogP) is 3.80. The molecule has 1 amide bonds. The lowest BCUT2D eigenvalue weighted by molar-refractivity contribution is 0.0890. The number of sulfone groups is 1. The van der Waals surface area contributed by atoms with Crippen molar-refractivity contribution in [2.75, 3.05) is 6.26 Å². The van der Waals surface area contributed by atoms with Crippen molar-refractivity contribution in [2.24, 2.45) is 0 Å². The fourth-order valence-electron chi connectivity index (χ4n) is 4.01. The van der Waals surface area contributed by atoms with Crippen LogP contribution >= 0.6 is 0 Å². The van der Waals surface area contributed by atoms with Crippen LogP contribution in [0.4, 0.5) is 4.39 Å². The lowest BCUT2D eigenvalue weighted by Crippen LogP contribution is -2.45. The van der Waals surface area contributed by atoms with Crippen molar-refractivity contribution < 1.29 is 17.6 Å². The van der Waals surface area contributed by atoms with Crippen LogP contribution in [0.5, 0.6) is 0 Å². The van der Waals surface area contributed by atoms with Gasteiger partial charge in [-0.3, -0.25) is 9.78 Å². The molecule has 4 rings (SSSR count). The Bertz CT molecular complexity index is 1460. The summed E-state index contributed by atoms with van der Waals surface area (Å²) < 4.78 is 39.0. The lowest BCUT2D eigenvalue weighted by atomic mass is 9.85. The van der Waals surface area contributed by atoms with E-state index in [2.05, 4.69) is 20.4 Å². The van der Waals surface area contributed by atoms with Crippen molar-refractivity contribution in [2.45, 2.75) is 37.3 Å². The minimum absolute atomic E-state index is 0.0464. The van der Waals surface area contributed by atoms with Crippen LogP contribution in [0.25, 0.3) is 16.6 Å². The van der Waals surface area contributed by atoms with E-state index in [1.165, 1.54) is 30.6 Å². The van der Waals surface area contributed by atoms with Crippen LogP contribution in [0.3, 0.4) is 0 Å². The molecule has 176 valence electrons. The van der Waals surface area contributed by atoms with Gasteiger partial charge in [-0.2, -0.15) is 5.10 Å². The van der Waals surface area contributed by atoms with Gasteiger partial charge in [0.2, 0.25) is 0 Å². The van der Waals surface area contributed by atoms with Gasteiger partial charge in [0.15, 0.2) is 14.9 Å². The molecular weight excluding hydrogens is 457 g/mol. The first kappa shape index (κ1) is 23.5. The van der Waals surface area contributed by atoms with E-state index in [1.54, 1.807) is 35.3 Å². The topological polar surface area (TPSA) is 107 Å². The number of carbonyl (C=O) groups excluding carboxylic acids is 1. The third-order valence-electron chi connectivity index (χ3n) is 6.04. The van der Waals surface area contributed by atoms with Crippen LogP contribution in [0.15, 0.2) is 66.2 Å². The molecule has 3 aromatic heterocycles. The number of nitrogens with zero attached hydrogens (tertiary/aromatic N) is 4. The van der Waals surface area contributed by atoms with Gasteiger partial charge in [0.05, 0.1) is 34.7 Å². The van der Waals surface area contributed by atoms with Crippen molar-refractivity contribution in [3.8, 4) is 5.69 Å². The Hall–Kier alpha value is -3.66. The van der Waals surface area contributed by atoms with Crippen molar-refractivity contribution in [1.82, 2.24) is 25.1 Å². The number of pyridine rings is 2. The van der Waals surface area contributed by atoms with E-state index in [-0.39, 0.29) is 16.8 Å². The molecule has 34 heavy (non-hydrogen) atoms. The van der Waals surface area contributed by atoms with E-state index < -0.39 is 15.4 Å². The van der Waals surface area contributed by atoms with Gasteiger partial charge in [-0.25, -0.2) is 22.5 Å². The Balaban J connectivity index is 1.74. The van der Waals surface area contributed by atoms with Crippen molar-refractivity contribution >= 4 is 26.6 Å². The molecule has 0 aliphatic rings. The average Bonchev–Trinajstić information content (AvgIpc) is 3.27. The van der Waals surface area contributed by atoms with E-state index in [1.807, 2.05) is 13.8 Å². The summed E-state index contributed by atoms with van der Waals surface area (Å²) in [5, 5.41) is 8.01. The summed E-state index contributed by atoms with van der Waals surface area (Å²) in [5.41, 5.74) is 1.41. The molecule has 0 aliphatic heterocycles. The summed E-state index contributed by atoms with van der Waals surface area (Å²) >= 11 is 0. The Morgan fingerprint density at radius 3 is 2.44 bits per heavy atom. The Morgan fingerprint density at radius 2 is 1.79 bits per heavy atom. The molecule has 0 spiro atoms. The van der Waals surface area contributed by atoms with E-state index in [4.69, 9.17) is 0 Å². The van der Waals surface area contributed by atoms with E-state index in [9.17, 15) is 17.6 Å². The summed E-state index contributed by atoms with van der Waals surface area (Å²) in [6, 6.07) is 9.08. The first-order chi connectivity index (χ1) is 16.2. The summed E-state index contributed by atoms with van der Waals surface area (Å²) in [5.74, 6) is -0.720. The second-order valence-electron chi connectivity index (χ2n) is 8.05. The van der Waals surface area contributed by atoms with Gasteiger partial charge in [0, 0.05) is 24.0 Å². The third-order valence-corrected chi connectivity index (χ3v) is 7.02. The minimum atomic E-state index is -3.51. The van der Waals surface area contributed by atoms with Crippen molar-refractivity contribution in [3.63, 3.8) is 0 Å². The maximum Gasteiger partial charge on any atom is 0.254 e. The average molecular weight is 482 g/mol.